The topological polar surface area (TPSA) is 87.5 Å². The fourth-order valence-corrected chi connectivity index (χ4v) is 2.12. The molecule has 0 saturated carbocycles. The second-order valence-corrected chi connectivity index (χ2v) is 5.49. The summed E-state index contributed by atoms with van der Waals surface area (Å²) in [5, 5.41) is 15.6. The van der Waals surface area contributed by atoms with Crippen LogP contribution in [0, 0.1) is 0 Å². The van der Waals surface area contributed by atoms with Crippen molar-refractivity contribution in [2.75, 3.05) is 19.1 Å². The van der Waals surface area contributed by atoms with Crippen molar-refractivity contribution in [3.05, 3.63) is 18.0 Å². The van der Waals surface area contributed by atoms with E-state index >= 15 is 0 Å². The number of nitrogens with zero attached hydrogens (tertiary/aromatic N) is 3. The van der Waals surface area contributed by atoms with E-state index in [2.05, 4.69) is 10.4 Å². The van der Waals surface area contributed by atoms with Crippen molar-refractivity contribution in [2.24, 2.45) is 7.05 Å². The van der Waals surface area contributed by atoms with Gasteiger partial charge in [-0.25, -0.2) is 9.59 Å². The molecule has 1 heterocycles. The zero-order valence-corrected chi connectivity index (χ0v) is 12.7. The molecule has 0 spiro atoms. The Labute approximate surface area is 122 Å². The van der Waals surface area contributed by atoms with Crippen molar-refractivity contribution >= 4 is 23.8 Å². The van der Waals surface area contributed by atoms with Gasteiger partial charge in [0.05, 0.1) is 12.7 Å². The number of aryl methyl sites for hydroxylation is 1. The van der Waals surface area contributed by atoms with Crippen LogP contribution in [-0.2, 0) is 18.4 Å². The number of carboxylic acid groups (broad SMARTS) is 1. The van der Waals surface area contributed by atoms with E-state index in [0.29, 0.717) is 18.7 Å². The summed E-state index contributed by atoms with van der Waals surface area (Å²) in [6.45, 7) is 0.383. The summed E-state index contributed by atoms with van der Waals surface area (Å²) < 4.78 is 1.65. The number of carbonyl (C=O) groups is 2. The number of urea groups is 1. The summed E-state index contributed by atoms with van der Waals surface area (Å²) in [4.78, 5) is 24.5. The molecule has 1 aromatic rings. The molecule has 0 radical (unpaired) electrons. The molecule has 0 saturated heterocycles. The van der Waals surface area contributed by atoms with Crippen LogP contribution in [0.4, 0.5) is 4.79 Å². The lowest BCUT2D eigenvalue weighted by atomic mass is 10.2. The number of amides is 2. The minimum atomic E-state index is -1.01. The van der Waals surface area contributed by atoms with Crippen LogP contribution in [0.5, 0.6) is 0 Å². The van der Waals surface area contributed by atoms with Crippen LogP contribution in [0.15, 0.2) is 12.4 Å². The quantitative estimate of drug-likeness (QED) is 0.776. The molecule has 0 aliphatic carbocycles. The molecule has 112 valence electrons. The molecule has 2 N–H and O–H groups in total. The van der Waals surface area contributed by atoms with Gasteiger partial charge in [0, 0.05) is 25.9 Å². The Balaban J connectivity index is 2.52. The Morgan fingerprint density at radius 1 is 1.60 bits per heavy atom. The summed E-state index contributed by atoms with van der Waals surface area (Å²) in [5.41, 5.74) is 0.890. The minimum Gasteiger partial charge on any atom is -0.480 e. The van der Waals surface area contributed by atoms with Gasteiger partial charge in [-0.05, 0) is 18.4 Å². The lowest BCUT2D eigenvalue weighted by molar-refractivity contribution is -0.139. The first-order valence-corrected chi connectivity index (χ1v) is 7.54. The van der Waals surface area contributed by atoms with Gasteiger partial charge in [-0.3, -0.25) is 4.68 Å². The van der Waals surface area contributed by atoms with E-state index in [0.717, 1.165) is 5.56 Å². The number of carbonyl (C=O) groups excluding carboxylic acids is 1. The fraction of sp³-hybridized carbons (Fsp3) is 0.583. The van der Waals surface area contributed by atoms with E-state index in [9.17, 15) is 9.59 Å². The number of nitrogens with one attached hydrogen (secondary N) is 1. The number of aromatic nitrogens is 2. The van der Waals surface area contributed by atoms with Crippen molar-refractivity contribution in [2.45, 2.75) is 19.0 Å². The van der Waals surface area contributed by atoms with Crippen LogP contribution in [0.1, 0.15) is 12.0 Å². The Hall–Kier alpha value is -1.70. The third-order valence-corrected chi connectivity index (χ3v) is 3.38. The van der Waals surface area contributed by atoms with Crippen LogP contribution < -0.4 is 5.32 Å². The molecule has 1 rings (SSSR count). The normalized spacial score (nSPS) is 11.9. The Morgan fingerprint density at radius 2 is 2.30 bits per heavy atom. The predicted molar refractivity (Wildman–Crippen MR) is 77.6 cm³/mol. The Bertz CT molecular complexity index is 463. The highest BCUT2D eigenvalue weighted by Crippen LogP contribution is 2.04. The van der Waals surface area contributed by atoms with Crippen LogP contribution in [0.25, 0.3) is 0 Å². The second-order valence-electron chi connectivity index (χ2n) is 4.50. The lowest BCUT2D eigenvalue weighted by Gasteiger charge is -2.20. The highest BCUT2D eigenvalue weighted by Gasteiger charge is 2.21. The van der Waals surface area contributed by atoms with Crippen LogP contribution >= 0.6 is 11.8 Å². The molecule has 0 bridgehead atoms. The maximum absolute atomic E-state index is 11.9. The molecule has 2 amide bonds. The SMILES string of the molecule is CSCC[C@H](NC(=O)N(C)Cc1cnn(C)c1)C(=O)O. The number of aliphatic carboxylic acids is 1. The lowest BCUT2D eigenvalue weighted by Crippen LogP contribution is -2.46. The third kappa shape index (κ3) is 5.12. The summed E-state index contributed by atoms with van der Waals surface area (Å²) in [6, 6.07) is -1.26. The predicted octanol–water partition coefficient (Wildman–Crippen LogP) is 0.768. The van der Waals surface area contributed by atoms with Gasteiger partial charge in [-0.2, -0.15) is 16.9 Å². The standard InChI is InChI=1S/C12H20N4O3S/c1-15(7-9-6-13-16(2)8-9)12(19)14-10(11(17)18)4-5-20-3/h6,8,10H,4-5,7H2,1-3H3,(H,14,19)(H,17,18)/t10-/m0/s1. The molecule has 8 heteroatoms. The molecule has 0 aromatic carbocycles. The van der Waals surface area contributed by atoms with Gasteiger partial charge in [-0.15, -0.1) is 0 Å². The molecule has 0 aliphatic heterocycles. The largest absolute Gasteiger partial charge is 0.480 e. The first-order chi connectivity index (χ1) is 9.43. The van der Waals surface area contributed by atoms with E-state index in [4.69, 9.17) is 5.11 Å². The number of hydrogen-bond acceptors (Lipinski definition) is 4. The highest BCUT2D eigenvalue weighted by molar-refractivity contribution is 7.98. The zero-order valence-electron chi connectivity index (χ0n) is 11.9. The van der Waals surface area contributed by atoms with Crippen LogP contribution in [-0.4, -0.2) is 56.9 Å². The summed E-state index contributed by atoms with van der Waals surface area (Å²) >= 11 is 1.55. The number of rotatable bonds is 7. The summed E-state index contributed by atoms with van der Waals surface area (Å²) in [5.74, 6) is -0.328. The van der Waals surface area contributed by atoms with Gasteiger partial charge >= 0.3 is 12.0 Å². The van der Waals surface area contributed by atoms with E-state index < -0.39 is 18.0 Å². The summed E-state index contributed by atoms with van der Waals surface area (Å²) in [7, 11) is 3.42. The van der Waals surface area contributed by atoms with Gasteiger partial charge < -0.3 is 15.3 Å². The van der Waals surface area contributed by atoms with Gasteiger partial charge in [-0.1, -0.05) is 0 Å². The van der Waals surface area contributed by atoms with Gasteiger partial charge in [0.1, 0.15) is 6.04 Å². The molecule has 0 aliphatic rings. The molecule has 1 atom stereocenters. The maximum Gasteiger partial charge on any atom is 0.326 e. The molecule has 1 aromatic heterocycles. The fourth-order valence-electron chi connectivity index (χ4n) is 1.65. The average Bonchev–Trinajstić information content (AvgIpc) is 2.79. The third-order valence-electron chi connectivity index (χ3n) is 2.73. The first kappa shape index (κ1) is 16.4. The number of thioether (sulfide) groups is 1. The number of hydrogen-bond donors (Lipinski definition) is 2. The Morgan fingerprint density at radius 3 is 2.80 bits per heavy atom. The Kier molecular flexibility index (Phi) is 6.37. The van der Waals surface area contributed by atoms with Crippen molar-refractivity contribution in [3.63, 3.8) is 0 Å². The van der Waals surface area contributed by atoms with Gasteiger partial charge in [0.25, 0.3) is 0 Å². The minimum absolute atomic E-state index is 0.383. The van der Waals surface area contributed by atoms with E-state index in [1.54, 1.807) is 36.7 Å². The molecule has 20 heavy (non-hydrogen) atoms. The average molecular weight is 300 g/mol. The molecular formula is C12H20N4O3S. The van der Waals surface area contributed by atoms with Crippen LogP contribution in [0.3, 0.4) is 0 Å². The monoisotopic (exact) mass is 300 g/mol. The van der Waals surface area contributed by atoms with E-state index in [-0.39, 0.29) is 0 Å². The smallest absolute Gasteiger partial charge is 0.326 e. The van der Waals surface area contributed by atoms with Crippen molar-refractivity contribution in [3.8, 4) is 0 Å². The molecule has 0 unspecified atom stereocenters. The zero-order chi connectivity index (χ0) is 15.1. The summed E-state index contributed by atoms with van der Waals surface area (Å²) in [6.07, 6.45) is 5.79. The molecule has 0 fully saturated rings. The van der Waals surface area contributed by atoms with Gasteiger partial charge in [0.2, 0.25) is 0 Å². The number of carboxylic acids is 1. The van der Waals surface area contributed by atoms with Gasteiger partial charge in [0.15, 0.2) is 0 Å². The first-order valence-electron chi connectivity index (χ1n) is 6.15. The molecular weight excluding hydrogens is 280 g/mol. The van der Waals surface area contributed by atoms with E-state index in [1.807, 2.05) is 12.5 Å². The molecule has 7 nitrogen and oxygen atoms in total. The van der Waals surface area contributed by atoms with E-state index in [1.165, 1.54) is 4.90 Å². The van der Waals surface area contributed by atoms with Crippen molar-refractivity contribution in [1.29, 1.82) is 0 Å². The second kappa shape index (κ2) is 7.78. The maximum atomic E-state index is 11.9. The highest BCUT2D eigenvalue weighted by atomic mass is 32.2. The van der Waals surface area contributed by atoms with Crippen molar-refractivity contribution < 1.29 is 14.7 Å². The van der Waals surface area contributed by atoms with Crippen molar-refractivity contribution in [1.82, 2.24) is 20.0 Å². The van der Waals surface area contributed by atoms with Crippen LogP contribution in [0.2, 0.25) is 0 Å².